The zero-order valence-electron chi connectivity index (χ0n) is 14.5. The summed E-state index contributed by atoms with van der Waals surface area (Å²) in [4.78, 5) is 14.7. The van der Waals surface area contributed by atoms with Gasteiger partial charge in [-0.25, -0.2) is 4.79 Å². The van der Waals surface area contributed by atoms with Gasteiger partial charge >= 0.3 is 6.03 Å². The van der Waals surface area contributed by atoms with E-state index in [0.29, 0.717) is 23.0 Å². The van der Waals surface area contributed by atoms with Crippen molar-refractivity contribution in [1.29, 1.82) is 0 Å². The largest absolute Gasteiger partial charge is 0.495 e. The number of fused-ring (bicyclic) bond motifs is 1. The molecule has 1 aliphatic heterocycles. The fraction of sp³-hybridized carbons (Fsp3) is 0.316. The van der Waals surface area contributed by atoms with E-state index in [1.807, 2.05) is 32.0 Å². The third-order valence-electron chi connectivity index (χ3n) is 4.19. The van der Waals surface area contributed by atoms with Crippen molar-refractivity contribution >= 4 is 29.0 Å². The Balaban J connectivity index is 1.92. The Labute approximate surface area is 152 Å². The van der Waals surface area contributed by atoms with E-state index in [0.717, 1.165) is 23.4 Å². The summed E-state index contributed by atoms with van der Waals surface area (Å²) < 4.78 is 11.3. The average Bonchev–Trinajstić information content (AvgIpc) is 2.61. The monoisotopic (exact) mass is 360 g/mol. The molecule has 0 fully saturated rings. The number of methoxy groups -OCH3 is 1. The number of aryl methyl sites for hydroxylation is 1. The Morgan fingerprint density at radius 2 is 2.16 bits per heavy atom. The second kappa shape index (κ2) is 7.23. The number of halogens is 1. The van der Waals surface area contributed by atoms with Gasteiger partial charge in [-0.15, -0.1) is 0 Å². The molecule has 1 heterocycles. The van der Waals surface area contributed by atoms with Gasteiger partial charge in [0.25, 0.3) is 0 Å². The lowest BCUT2D eigenvalue weighted by Gasteiger charge is -2.34. The van der Waals surface area contributed by atoms with E-state index in [1.165, 1.54) is 0 Å². The smallest absolute Gasteiger partial charge is 0.326 e. The number of anilines is 2. The molecule has 0 bridgehead atoms. The maximum Gasteiger partial charge on any atom is 0.326 e. The Kier molecular flexibility index (Phi) is 5.04. The van der Waals surface area contributed by atoms with Gasteiger partial charge < -0.3 is 14.8 Å². The number of urea groups is 1. The van der Waals surface area contributed by atoms with Crippen molar-refractivity contribution < 1.29 is 14.3 Å². The van der Waals surface area contributed by atoms with Crippen LogP contribution in [-0.4, -0.2) is 25.8 Å². The van der Waals surface area contributed by atoms with Crippen LogP contribution in [0.15, 0.2) is 36.4 Å². The number of carbonyl (C=O) groups is 1. The predicted molar refractivity (Wildman–Crippen MR) is 100 cm³/mol. The van der Waals surface area contributed by atoms with Crippen molar-refractivity contribution in [1.82, 2.24) is 0 Å². The molecule has 0 aliphatic carbocycles. The van der Waals surface area contributed by atoms with E-state index >= 15 is 0 Å². The molecule has 132 valence electrons. The van der Waals surface area contributed by atoms with Gasteiger partial charge in [0.2, 0.25) is 0 Å². The Hall–Kier alpha value is -2.40. The van der Waals surface area contributed by atoms with Crippen molar-refractivity contribution in [2.45, 2.75) is 26.4 Å². The SMILES string of the molecule is CCC1CN(C(=O)Nc2cc(Cl)ccc2OC)c2cc(C)ccc2O1. The van der Waals surface area contributed by atoms with E-state index in [-0.39, 0.29) is 12.1 Å². The highest BCUT2D eigenvalue weighted by molar-refractivity contribution is 6.31. The number of hydrogen-bond donors (Lipinski definition) is 1. The number of amides is 2. The highest BCUT2D eigenvalue weighted by Crippen LogP contribution is 2.36. The Bertz CT molecular complexity index is 794. The van der Waals surface area contributed by atoms with Gasteiger partial charge in [-0.05, 0) is 49.2 Å². The van der Waals surface area contributed by atoms with E-state index in [2.05, 4.69) is 5.32 Å². The zero-order chi connectivity index (χ0) is 18.0. The van der Waals surface area contributed by atoms with Gasteiger partial charge in [0.1, 0.15) is 17.6 Å². The van der Waals surface area contributed by atoms with Crippen LogP contribution >= 0.6 is 11.6 Å². The molecule has 3 rings (SSSR count). The summed E-state index contributed by atoms with van der Waals surface area (Å²) >= 11 is 6.05. The van der Waals surface area contributed by atoms with Crippen molar-refractivity contribution in [2.24, 2.45) is 0 Å². The highest BCUT2D eigenvalue weighted by atomic mass is 35.5. The van der Waals surface area contributed by atoms with E-state index in [4.69, 9.17) is 21.1 Å². The van der Waals surface area contributed by atoms with Gasteiger partial charge in [-0.2, -0.15) is 0 Å². The van der Waals surface area contributed by atoms with E-state index < -0.39 is 0 Å². The molecule has 25 heavy (non-hydrogen) atoms. The van der Waals surface area contributed by atoms with E-state index in [9.17, 15) is 4.79 Å². The third-order valence-corrected chi connectivity index (χ3v) is 4.42. The average molecular weight is 361 g/mol. The van der Waals surface area contributed by atoms with Crippen LogP contribution in [-0.2, 0) is 0 Å². The van der Waals surface area contributed by atoms with Gasteiger partial charge in [0.05, 0.1) is 25.0 Å². The molecule has 6 heteroatoms. The van der Waals surface area contributed by atoms with Crippen LogP contribution in [0.2, 0.25) is 5.02 Å². The molecule has 1 aliphatic rings. The molecule has 5 nitrogen and oxygen atoms in total. The van der Waals surface area contributed by atoms with Crippen LogP contribution in [0.5, 0.6) is 11.5 Å². The number of benzene rings is 2. The van der Waals surface area contributed by atoms with Gasteiger partial charge in [-0.1, -0.05) is 24.6 Å². The lowest BCUT2D eigenvalue weighted by Crippen LogP contribution is -2.45. The summed E-state index contributed by atoms with van der Waals surface area (Å²) in [5.41, 5.74) is 2.37. The lowest BCUT2D eigenvalue weighted by atomic mass is 10.1. The second-order valence-electron chi connectivity index (χ2n) is 6.00. The van der Waals surface area contributed by atoms with E-state index in [1.54, 1.807) is 30.2 Å². The van der Waals surface area contributed by atoms with Gasteiger partial charge in [-0.3, -0.25) is 4.90 Å². The van der Waals surface area contributed by atoms with Crippen LogP contribution in [0.4, 0.5) is 16.2 Å². The first kappa shape index (κ1) is 17.4. The maximum absolute atomic E-state index is 12.9. The van der Waals surface area contributed by atoms with Gasteiger partial charge in [0, 0.05) is 5.02 Å². The molecule has 2 amide bonds. The Morgan fingerprint density at radius 3 is 2.88 bits per heavy atom. The summed E-state index contributed by atoms with van der Waals surface area (Å²) in [5.74, 6) is 1.28. The van der Waals surface area contributed by atoms with Gasteiger partial charge in [0.15, 0.2) is 0 Å². The fourth-order valence-electron chi connectivity index (χ4n) is 2.82. The lowest BCUT2D eigenvalue weighted by molar-refractivity contribution is 0.188. The first-order chi connectivity index (χ1) is 12.0. The predicted octanol–water partition coefficient (Wildman–Crippen LogP) is 4.87. The minimum atomic E-state index is -0.242. The normalized spacial score (nSPS) is 16.0. The molecule has 1 unspecified atom stereocenters. The molecule has 1 N–H and O–H groups in total. The quantitative estimate of drug-likeness (QED) is 0.849. The summed E-state index contributed by atoms with van der Waals surface area (Å²) in [5, 5.41) is 3.43. The van der Waals surface area contributed by atoms with Crippen LogP contribution in [0.3, 0.4) is 0 Å². The molecule has 0 aromatic heterocycles. The first-order valence-electron chi connectivity index (χ1n) is 8.21. The van der Waals surface area contributed by atoms with Crippen LogP contribution in [0, 0.1) is 6.92 Å². The summed E-state index contributed by atoms with van der Waals surface area (Å²) in [6.07, 6.45) is 0.777. The molecule has 1 atom stereocenters. The van der Waals surface area contributed by atoms with Crippen molar-refractivity contribution in [2.75, 3.05) is 23.9 Å². The minimum Gasteiger partial charge on any atom is -0.495 e. The van der Waals surface area contributed by atoms with Crippen molar-refractivity contribution in [3.63, 3.8) is 0 Å². The third kappa shape index (κ3) is 3.66. The standard InChI is InChI=1S/C19H21ClN2O3/c1-4-14-11-22(16-9-12(2)5-7-18(16)25-14)19(23)21-15-10-13(20)6-8-17(15)24-3/h5-10,14H,4,11H2,1-3H3,(H,21,23). The number of rotatable bonds is 3. The molecule has 2 aromatic rings. The summed E-state index contributed by atoms with van der Waals surface area (Å²) in [6, 6.07) is 10.7. The fourth-order valence-corrected chi connectivity index (χ4v) is 2.99. The first-order valence-corrected chi connectivity index (χ1v) is 8.59. The summed E-state index contributed by atoms with van der Waals surface area (Å²) in [7, 11) is 1.55. The van der Waals surface area contributed by atoms with Crippen molar-refractivity contribution in [3.8, 4) is 11.5 Å². The Morgan fingerprint density at radius 1 is 1.36 bits per heavy atom. The van der Waals surface area contributed by atoms with Crippen LogP contribution in [0.25, 0.3) is 0 Å². The summed E-state index contributed by atoms with van der Waals surface area (Å²) in [6.45, 7) is 4.52. The number of ether oxygens (including phenoxy) is 2. The molecule has 0 saturated carbocycles. The molecule has 0 spiro atoms. The topological polar surface area (TPSA) is 50.8 Å². The van der Waals surface area contributed by atoms with Crippen LogP contribution < -0.4 is 19.7 Å². The minimum absolute atomic E-state index is 0.0396. The number of nitrogens with zero attached hydrogens (tertiary/aromatic N) is 1. The second-order valence-corrected chi connectivity index (χ2v) is 6.44. The molecule has 0 saturated heterocycles. The molecule has 2 aromatic carbocycles. The number of nitrogens with one attached hydrogen (secondary N) is 1. The van der Waals surface area contributed by atoms with Crippen molar-refractivity contribution in [3.05, 3.63) is 47.0 Å². The maximum atomic E-state index is 12.9. The number of hydrogen-bond acceptors (Lipinski definition) is 3. The molecular formula is C19H21ClN2O3. The number of carbonyl (C=O) groups excluding carboxylic acids is 1. The molecule has 0 radical (unpaired) electrons. The highest BCUT2D eigenvalue weighted by Gasteiger charge is 2.29. The molecular weight excluding hydrogens is 340 g/mol. The zero-order valence-corrected chi connectivity index (χ0v) is 15.3. The van der Waals surface area contributed by atoms with Crippen LogP contribution in [0.1, 0.15) is 18.9 Å².